The molecule has 2 rings (SSSR count). The van der Waals surface area contributed by atoms with Gasteiger partial charge in [0.25, 0.3) is 5.91 Å². The zero-order valence-electron chi connectivity index (χ0n) is 10.7. The van der Waals surface area contributed by atoms with E-state index in [-0.39, 0.29) is 12.5 Å². The fourth-order valence-electron chi connectivity index (χ4n) is 1.63. The zero-order valence-corrected chi connectivity index (χ0v) is 10.7. The van der Waals surface area contributed by atoms with Crippen LogP contribution in [0.5, 0.6) is 5.75 Å². The second kappa shape index (κ2) is 6.25. The Labute approximate surface area is 116 Å². The molecule has 1 amide bonds. The van der Waals surface area contributed by atoms with E-state index in [0.717, 1.165) is 0 Å². The van der Waals surface area contributed by atoms with Crippen molar-refractivity contribution in [3.05, 3.63) is 54.1 Å². The molecule has 3 N–H and O–H groups in total. The number of nitrogen functional groups attached to an aromatic ring is 1. The molecule has 20 heavy (non-hydrogen) atoms. The number of ether oxygens (including phenoxy) is 1. The summed E-state index contributed by atoms with van der Waals surface area (Å²) in [5.41, 5.74) is 7.05. The van der Waals surface area contributed by atoms with Crippen LogP contribution in [-0.2, 0) is 4.79 Å². The minimum Gasteiger partial charge on any atom is -0.484 e. The minimum absolute atomic E-state index is 0.150. The predicted molar refractivity (Wildman–Crippen MR) is 76.1 cm³/mol. The smallest absolute Gasteiger partial charge is 0.262 e. The Kier molecular flexibility index (Phi) is 4.20. The highest BCUT2D eigenvalue weighted by Crippen LogP contribution is 2.15. The van der Waals surface area contributed by atoms with Crippen molar-refractivity contribution in [1.82, 2.24) is 0 Å². The number of benzene rings is 2. The van der Waals surface area contributed by atoms with E-state index in [0.29, 0.717) is 22.7 Å². The van der Waals surface area contributed by atoms with Crippen LogP contribution in [0, 0.1) is 11.3 Å². The van der Waals surface area contributed by atoms with Gasteiger partial charge >= 0.3 is 0 Å². The van der Waals surface area contributed by atoms with Crippen molar-refractivity contribution in [3.63, 3.8) is 0 Å². The molecule has 0 aromatic heterocycles. The van der Waals surface area contributed by atoms with E-state index < -0.39 is 0 Å². The van der Waals surface area contributed by atoms with Crippen molar-refractivity contribution < 1.29 is 9.53 Å². The summed E-state index contributed by atoms with van der Waals surface area (Å²) in [7, 11) is 0. The van der Waals surface area contributed by atoms with Crippen LogP contribution in [0.15, 0.2) is 48.5 Å². The van der Waals surface area contributed by atoms with Gasteiger partial charge in [0.05, 0.1) is 11.3 Å². The molecule has 0 unspecified atom stereocenters. The highest BCUT2D eigenvalue weighted by molar-refractivity contribution is 5.93. The summed E-state index contributed by atoms with van der Waals surface area (Å²) in [5.74, 6) is 0.184. The molecule has 0 spiro atoms. The van der Waals surface area contributed by atoms with Gasteiger partial charge in [0.1, 0.15) is 11.8 Å². The zero-order chi connectivity index (χ0) is 14.4. The molecule has 5 heteroatoms. The molecule has 0 fully saturated rings. The van der Waals surface area contributed by atoms with E-state index in [1.165, 1.54) is 0 Å². The summed E-state index contributed by atoms with van der Waals surface area (Å²) in [6.45, 7) is -0.150. The number of anilines is 2. The van der Waals surface area contributed by atoms with E-state index >= 15 is 0 Å². The average molecular weight is 267 g/mol. The van der Waals surface area contributed by atoms with Crippen LogP contribution in [0.25, 0.3) is 0 Å². The first kappa shape index (κ1) is 13.4. The number of hydrogen-bond acceptors (Lipinski definition) is 4. The van der Waals surface area contributed by atoms with Gasteiger partial charge in [-0.05, 0) is 24.3 Å². The number of carbonyl (C=O) groups excluding carboxylic acids is 1. The molecular formula is C15H13N3O2. The summed E-state index contributed by atoms with van der Waals surface area (Å²) >= 11 is 0. The van der Waals surface area contributed by atoms with Crippen molar-refractivity contribution in [1.29, 1.82) is 5.26 Å². The highest BCUT2D eigenvalue weighted by atomic mass is 16.5. The van der Waals surface area contributed by atoms with Crippen molar-refractivity contribution in [2.45, 2.75) is 0 Å². The van der Waals surface area contributed by atoms with Crippen LogP contribution >= 0.6 is 0 Å². The molecule has 0 aliphatic carbocycles. The van der Waals surface area contributed by atoms with Crippen molar-refractivity contribution in [2.24, 2.45) is 0 Å². The molecule has 0 aliphatic rings. The van der Waals surface area contributed by atoms with Gasteiger partial charge in [0, 0.05) is 11.8 Å². The molecule has 5 nitrogen and oxygen atoms in total. The van der Waals surface area contributed by atoms with Gasteiger partial charge in [-0.1, -0.05) is 18.2 Å². The normalized spacial score (nSPS) is 9.55. The van der Waals surface area contributed by atoms with Gasteiger partial charge in [-0.25, -0.2) is 0 Å². The molecule has 2 aromatic carbocycles. The van der Waals surface area contributed by atoms with Gasteiger partial charge in [0.2, 0.25) is 0 Å². The minimum atomic E-state index is -0.338. The standard InChI is InChI=1S/C15H13N3O2/c16-9-11-4-1-2-7-14(11)18-15(19)10-20-13-6-3-5-12(17)8-13/h1-8H,10,17H2,(H,18,19). The molecule has 0 saturated carbocycles. The maximum Gasteiger partial charge on any atom is 0.262 e. The Morgan fingerprint density at radius 2 is 2.05 bits per heavy atom. The first-order valence-electron chi connectivity index (χ1n) is 5.96. The molecule has 0 bridgehead atoms. The fourth-order valence-corrected chi connectivity index (χ4v) is 1.63. The van der Waals surface area contributed by atoms with Gasteiger partial charge in [-0.3, -0.25) is 4.79 Å². The van der Waals surface area contributed by atoms with Crippen LogP contribution in [0.4, 0.5) is 11.4 Å². The van der Waals surface area contributed by atoms with E-state index in [4.69, 9.17) is 15.7 Å². The summed E-state index contributed by atoms with van der Waals surface area (Å²) < 4.78 is 5.32. The molecule has 0 radical (unpaired) electrons. The lowest BCUT2D eigenvalue weighted by atomic mass is 10.2. The summed E-state index contributed by atoms with van der Waals surface area (Å²) in [6.07, 6.45) is 0. The number of carbonyl (C=O) groups is 1. The van der Waals surface area contributed by atoms with Gasteiger partial charge < -0.3 is 15.8 Å². The van der Waals surface area contributed by atoms with Gasteiger partial charge in [-0.2, -0.15) is 5.26 Å². The number of rotatable bonds is 4. The number of nitrogens with two attached hydrogens (primary N) is 1. The van der Waals surface area contributed by atoms with Crippen molar-refractivity contribution >= 4 is 17.3 Å². The number of nitrogens with one attached hydrogen (secondary N) is 1. The van der Waals surface area contributed by atoms with E-state index in [9.17, 15) is 4.79 Å². The predicted octanol–water partition coefficient (Wildman–Crippen LogP) is 2.16. The van der Waals surface area contributed by atoms with Crippen LogP contribution < -0.4 is 15.8 Å². The van der Waals surface area contributed by atoms with Gasteiger partial charge in [-0.15, -0.1) is 0 Å². The molecule has 100 valence electrons. The summed E-state index contributed by atoms with van der Waals surface area (Å²) in [4.78, 5) is 11.8. The molecule has 0 atom stereocenters. The first-order valence-corrected chi connectivity index (χ1v) is 5.96. The Morgan fingerprint density at radius 1 is 1.25 bits per heavy atom. The number of nitriles is 1. The molecule has 0 aliphatic heterocycles. The van der Waals surface area contributed by atoms with Crippen LogP contribution in [-0.4, -0.2) is 12.5 Å². The summed E-state index contributed by atoms with van der Waals surface area (Å²) in [5, 5.41) is 11.6. The SMILES string of the molecule is N#Cc1ccccc1NC(=O)COc1cccc(N)c1. The third-order valence-electron chi connectivity index (χ3n) is 2.55. The van der Waals surface area contributed by atoms with Gasteiger partial charge in [0.15, 0.2) is 6.61 Å². The number of amides is 1. The molecule has 0 heterocycles. The van der Waals surface area contributed by atoms with Crippen molar-refractivity contribution in [3.8, 4) is 11.8 Å². The quantitative estimate of drug-likeness (QED) is 0.831. The number of hydrogen-bond donors (Lipinski definition) is 2. The molecular weight excluding hydrogens is 254 g/mol. The molecule has 2 aromatic rings. The van der Waals surface area contributed by atoms with E-state index in [1.807, 2.05) is 6.07 Å². The lowest BCUT2D eigenvalue weighted by molar-refractivity contribution is -0.118. The Hall–Kier alpha value is -3.00. The first-order chi connectivity index (χ1) is 9.69. The van der Waals surface area contributed by atoms with Crippen LogP contribution in [0.2, 0.25) is 0 Å². The number of nitrogens with zero attached hydrogens (tertiary/aromatic N) is 1. The second-order valence-electron chi connectivity index (χ2n) is 4.07. The average Bonchev–Trinajstić information content (AvgIpc) is 2.46. The van der Waals surface area contributed by atoms with Crippen LogP contribution in [0.3, 0.4) is 0 Å². The van der Waals surface area contributed by atoms with E-state index in [1.54, 1.807) is 48.5 Å². The summed E-state index contributed by atoms with van der Waals surface area (Å²) in [6, 6.07) is 15.6. The molecule has 0 saturated heterocycles. The third kappa shape index (κ3) is 3.50. The highest BCUT2D eigenvalue weighted by Gasteiger charge is 2.07. The maximum atomic E-state index is 11.8. The van der Waals surface area contributed by atoms with Crippen LogP contribution in [0.1, 0.15) is 5.56 Å². The van der Waals surface area contributed by atoms with Crippen molar-refractivity contribution in [2.75, 3.05) is 17.7 Å². The largest absolute Gasteiger partial charge is 0.484 e. The Bertz CT molecular complexity index is 662. The topological polar surface area (TPSA) is 88.1 Å². The Morgan fingerprint density at radius 3 is 2.80 bits per heavy atom. The third-order valence-corrected chi connectivity index (χ3v) is 2.55. The van der Waals surface area contributed by atoms with E-state index in [2.05, 4.69) is 5.32 Å². The lowest BCUT2D eigenvalue weighted by Crippen LogP contribution is -2.20. The fraction of sp³-hybridized carbons (Fsp3) is 0.0667. The monoisotopic (exact) mass is 267 g/mol. The number of para-hydroxylation sites is 1. The second-order valence-corrected chi connectivity index (χ2v) is 4.07. The maximum absolute atomic E-state index is 11.8. The Balaban J connectivity index is 1.95. The lowest BCUT2D eigenvalue weighted by Gasteiger charge is -2.08.